The van der Waals surface area contributed by atoms with E-state index in [0.29, 0.717) is 0 Å². The Labute approximate surface area is 151 Å². The standard InChI is InChI=1S/C21H19N3O2/c25-20(23-19-12-6-10-17-9-4-5-11-18(17)19)13-14-21(26)24-22-15-16-7-2-1-3-8-16/h1-12,15H,13-14H2,(H,23,25)(H,24,26)/b22-15-. The van der Waals surface area contributed by atoms with Gasteiger partial charge >= 0.3 is 0 Å². The molecule has 0 fully saturated rings. The first-order valence-electron chi connectivity index (χ1n) is 8.37. The molecule has 130 valence electrons. The molecule has 0 heterocycles. The summed E-state index contributed by atoms with van der Waals surface area (Å²) >= 11 is 0. The normalized spacial score (nSPS) is 10.8. The molecule has 0 aromatic heterocycles. The number of benzene rings is 3. The number of nitrogens with one attached hydrogen (secondary N) is 2. The number of carbonyl (C=O) groups excluding carboxylic acids is 2. The minimum absolute atomic E-state index is 0.0722. The zero-order valence-electron chi connectivity index (χ0n) is 14.2. The summed E-state index contributed by atoms with van der Waals surface area (Å²) in [5.41, 5.74) is 4.07. The van der Waals surface area contributed by atoms with Crippen molar-refractivity contribution in [2.24, 2.45) is 5.10 Å². The van der Waals surface area contributed by atoms with Crippen LogP contribution in [0.1, 0.15) is 18.4 Å². The van der Waals surface area contributed by atoms with Gasteiger partial charge in [0.25, 0.3) is 0 Å². The van der Waals surface area contributed by atoms with Crippen molar-refractivity contribution in [3.05, 3.63) is 78.4 Å². The van der Waals surface area contributed by atoms with Crippen LogP contribution in [0.3, 0.4) is 0 Å². The first-order valence-corrected chi connectivity index (χ1v) is 8.37. The van der Waals surface area contributed by atoms with Crippen molar-refractivity contribution in [2.45, 2.75) is 12.8 Å². The highest BCUT2D eigenvalue weighted by atomic mass is 16.2. The third-order valence-electron chi connectivity index (χ3n) is 3.85. The van der Waals surface area contributed by atoms with Gasteiger partial charge in [0.2, 0.25) is 11.8 Å². The van der Waals surface area contributed by atoms with Gasteiger partial charge in [-0.25, -0.2) is 5.43 Å². The molecule has 2 N–H and O–H groups in total. The summed E-state index contributed by atoms with van der Waals surface area (Å²) in [5.74, 6) is -0.506. The molecule has 0 aliphatic rings. The van der Waals surface area contributed by atoms with E-state index in [4.69, 9.17) is 0 Å². The lowest BCUT2D eigenvalue weighted by molar-refractivity contribution is -0.124. The predicted octanol–water partition coefficient (Wildman–Crippen LogP) is 3.71. The Kier molecular flexibility index (Phi) is 5.72. The fraction of sp³-hybridized carbons (Fsp3) is 0.0952. The molecule has 0 bridgehead atoms. The molecule has 3 aromatic carbocycles. The summed E-state index contributed by atoms with van der Waals surface area (Å²) in [5, 5.41) is 8.78. The largest absolute Gasteiger partial charge is 0.326 e. The Balaban J connectivity index is 1.49. The zero-order chi connectivity index (χ0) is 18.2. The average molecular weight is 345 g/mol. The smallest absolute Gasteiger partial charge is 0.240 e. The number of carbonyl (C=O) groups is 2. The number of rotatable bonds is 6. The molecule has 0 saturated heterocycles. The highest BCUT2D eigenvalue weighted by Gasteiger charge is 2.08. The van der Waals surface area contributed by atoms with E-state index in [1.165, 1.54) is 0 Å². The van der Waals surface area contributed by atoms with Crippen LogP contribution >= 0.6 is 0 Å². The Bertz CT molecular complexity index is 931. The topological polar surface area (TPSA) is 70.6 Å². The Morgan fingerprint density at radius 1 is 0.808 bits per heavy atom. The Morgan fingerprint density at radius 2 is 1.50 bits per heavy atom. The first-order chi connectivity index (χ1) is 12.7. The third kappa shape index (κ3) is 4.77. The van der Waals surface area contributed by atoms with Crippen LogP contribution in [0.25, 0.3) is 10.8 Å². The highest BCUT2D eigenvalue weighted by Crippen LogP contribution is 2.23. The van der Waals surface area contributed by atoms with E-state index in [1.807, 2.05) is 72.8 Å². The van der Waals surface area contributed by atoms with Crippen molar-refractivity contribution in [1.82, 2.24) is 5.43 Å². The van der Waals surface area contributed by atoms with Crippen molar-refractivity contribution in [1.29, 1.82) is 0 Å². The number of nitrogens with zero attached hydrogens (tertiary/aromatic N) is 1. The Morgan fingerprint density at radius 3 is 2.35 bits per heavy atom. The van der Waals surface area contributed by atoms with Crippen molar-refractivity contribution in [3.63, 3.8) is 0 Å². The van der Waals surface area contributed by atoms with E-state index < -0.39 is 0 Å². The summed E-state index contributed by atoms with van der Waals surface area (Å²) in [4.78, 5) is 23.9. The van der Waals surface area contributed by atoms with Crippen molar-refractivity contribution in [3.8, 4) is 0 Å². The highest BCUT2D eigenvalue weighted by molar-refractivity contribution is 6.02. The summed E-state index contributed by atoms with van der Waals surface area (Å²) in [6.45, 7) is 0. The van der Waals surface area contributed by atoms with Crippen LogP contribution < -0.4 is 10.7 Å². The zero-order valence-corrected chi connectivity index (χ0v) is 14.2. The Hall–Kier alpha value is -3.47. The number of hydrogen-bond acceptors (Lipinski definition) is 3. The van der Waals surface area contributed by atoms with Crippen molar-refractivity contribution in [2.75, 3.05) is 5.32 Å². The summed E-state index contributed by atoms with van der Waals surface area (Å²) in [6, 6.07) is 23.0. The van der Waals surface area contributed by atoms with E-state index in [2.05, 4.69) is 15.8 Å². The minimum Gasteiger partial charge on any atom is -0.326 e. The van der Waals surface area contributed by atoms with Crippen LogP contribution in [-0.2, 0) is 9.59 Å². The maximum atomic E-state index is 12.1. The SMILES string of the molecule is O=C(CCC(=O)Nc1cccc2ccccc12)N/N=C\c1ccccc1. The van der Waals surface area contributed by atoms with Gasteiger partial charge in [0, 0.05) is 23.9 Å². The van der Waals surface area contributed by atoms with Crippen LogP contribution in [0, 0.1) is 0 Å². The second-order valence-electron chi connectivity index (χ2n) is 5.78. The van der Waals surface area contributed by atoms with Crippen LogP contribution in [-0.4, -0.2) is 18.0 Å². The molecule has 2 amide bonds. The molecule has 0 aliphatic carbocycles. The van der Waals surface area contributed by atoms with Gasteiger partial charge in [-0.05, 0) is 17.0 Å². The van der Waals surface area contributed by atoms with Crippen LogP contribution in [0.4, 0.5) is 5.69 Å². The molecule has 3 rings (SSSR count). The molecule has 5 heteroatoms. The molecule has 0 radical (unpaired) electrons. The van der Waals surface area contributed by atoms with E-state index >= 15 is 0 Å². The predicted molar refractivity (Wildman–Crippen MR) is 104 cm³/mol. The molecule has 3 aromatic rings. The van der Waals surface area contributed by atoms with Gasteiger partial charge in [-0.2, -0.15) is 5.10 Å². The molecule has 5 nitrogen and oxygen atoms in total. The number of fused-ring (bicyclic) bond motifs is 1. The van der Waals surface area contributed by atoms with E-state index in [-0.39, 0.29) is 24.7 Å². The lowest BCUT2D eigenvalue weighted by atomic mass is 10.1. The van der Waals surface area contributed by atoms with Gasteiger partial charge < -0.3 is 5.32 Å². The molecule has 26 heavy (non-hydrogen) atoms. The molecule has 0 atom stereocenters. The van der Waals surface area contributed by atoms with Crippen LogP contribution in [0.2, 0.25) is 0 Å². The quantitative estimate of drug-likeness (QED) is 0.528. The van der Waals surface area contributed by atoms with Gasteiger partial charge in [-0.3, -0.25) is 9.59 Å². The van der Waals surface area contributed by atoms with Crippen LogP contribution in [0.15, 0.2) is 77.9 Å². The molecule has 0 unspecified atom stereocenters. The molecular formula is C21H19N3O2. The fourth-order valence-corrected chi connectivity index (χ4v) is 2.55. The van der Waals surface area contributed by atoms with E-state index in [1.54, 1.807) is 6.21 Å². The van der Waals surface area contributed by atoms with E-state index in [0.717, 1.165) is 22.0 Å². The third-order valence-corrected chi connectivity index (χ3v) is 3.85. The lowest BCUT2D eigenvalue weighted by Crippen LogP contribution is -2.20. The number of amides is 2. The van der Waals surface area contributed by atoms with Crippen molar-refractivity contribution >= 4 is 34.5 Å². The minimum atomic E-state index is -0.301. The number of hydrazone groups is 1. The summed E-state index contributed by atoms with van der Waals surface area (Å²) in [7, 11) is 0. The maximum absolute atomic E-state index is 12.1. The van der Waals surface area contributed by atoms with Gasteiger partial charge in [0.15, 0.2) is 0 Å². The van der Waals surface area contributed by atoms with E-state index in [9.17, 15) is 9.59 Å². The summed E-state index contributed by atoms with van der Waals surface area (Å²) < 4.78 is 0. The molecule has 0 saturated carbocycles. The second kappa shape index (κ2) is 8.58. The van der Waals surface area contributed by atoms with Crippen LogP contribution in [0.5, 0.6) is 0 Å². The lowest BCUT2D eigenvalue weighted by Gasteiger charge is -2.08. The molecule has 0 spiro atoms. The fourth-order valence-electron chi connectivity index (χ4n) is 2.55. The van der Waals surface area contributed by atoms with Gasteiger partial charge in [-0.1, -0.05) is 66.7 Å². The molecule has 0 aliphatic heterocycles. The first kappa shape index (κ1) is 17.4. The average Bonchev–Trinajstić information content (AvgIpc) is 2.67. The molecular weight excluding hydrogens is 326 g/mol. The number of hydrogen-bond donors (Lipinski definition) is 2. The number of anilines is 1. The van der Waals surface area contributed by atoms with Gasteiger partial charge in [0.1, 0.15) is 0 Å². The van der Waals surface area contributed by atoms with Gasteiger partial charge in [-0.15, -0.1) is 0 Å². The second-order valence-corrected chi connectivity index (χ2v) is 5.78. The summed E-state index contributed by atoms with van der Waals surface area (Å²) in [6.07, 6.45) is 1.73. The maximum Gasteiger partial charge on any atom is 0.240 e. The van der Waals surface area contributed by atoms with Crippen molar-refractivity contribution < 1.29 is 9.59 Å². The monoisotopic (exact) mass is 345 g/mol. The van der Waals surface area contributed by atoms with Gasteiger partial charge in [0.05, 0.1) is 6.21 Å².